The number of nitrogens with zero attached hydrogens (tertiary/aromatic N) is 2. The molecule has 2 heterocycles. The largest absolute Gasteiger partial charge is 0.376 e. The summed E-state index contributed by atoms with van der Waals surface area (Å²) in [5, 5.41) is 4.15. The molecule has 0 radical (unpaired) electrons. The molecule has 1 aliphatic heterocycles. The normalized spacial score (nSPS) is 27.2. The van der Waals surface area contributed by atoms with E-state index in [0.717, 1.165) is 25.9 Å². The van der Waals surface area contributed by atoms with E-state index < -0.39 is 0 Å². The van der Waals surface area contributed by atoms with Crippen LogP contribution in [0.5, 0.6) is 0 Å². The summed E-state index contributed by atoms with van der Waals surface area (Å²) < 4.78 is 7.50. The molecule has 2 N–H and O–H groups in total. The third-order valence-electron chi connectivity index (χ3n) is 3.39. The van der Waals surface area contributed by atoms with Crippen molar-refractivity contribution in [2.24, 2.45) is 18.7 Å². The lowest BCUT2D eigenvalue weighted by Gasteiger charge is -2.22. The molecule has 1 aromatic rings. The van der Waals surface area contributed by atoms with Crippen LogP contribution in [0, 0.1) is 5.92 Å². The molecule has 1 fully saturated rings. The van der Waals surface area contributed by atoms with E-state index in [1.807, 2.05) is 24.1 Å². The van der Waals surface area contributed by atoms with Crippen molar-refractivity contribution in [2.75, 3.05) is 6.61 Å². The van der Waals surface area contributed by atoms with Gasteiger partial charge in [0.05, 0.1) is 12.3 Å². The molecule has 4 nitrogen and oxygen atoms in total. The Labute approximate surface area is 96.8 Å². The maximum atomic E-state index is 6.17. The number of rotatable bonds is 4. The third kappa shape index (κ3) is 2.62. The number of ether oxygens (including phenoxy) is 1. The first-order valence-electron chi connectivity index (χ1n) is 6.01. The highest BCUT2D eigenvalue weighted by Crippen LogP contribution is 2.23. The molecule has 1 saturated heterocycles. The number of hydrogen-bond acceptors (Lipinski definition) is 3. The second kappa shape index (κ2) is 4.97. The van der Waals surface area contributed by atoms with Crippen LogP contribution in [0.25, 0.3) is 0 Å². The maximum absolute atomic E-state index is 6.17. The lowest BCUT2D eigenvalue weighted by Crippen LogP contribution is -2.38. The standard InChI is InChI=1S/C12H21N3O/c1-9-5-6-16-12(9)11(13)4-3-10-7-14-15(2)8-10/h7-9,11-12H,3-6,13H2,1-2H3. The van der Waals surface area contributed by atoms with E-state index >= 15 is 0 Å². The van der Waals surface area contributed by atoms with Gasteiger partial charge >= 0.3 is 0 Å². The summed E-state index contributed by atoms with van der Waals surface area (Å²) in [5.74, 6) is 0.601. The van der Waals surface area contributed by atoms with Gasteiger partial charge in [-0.3, -0.25) is 4.68 Å². The van der Waals surface area contributed by atoms with Crippen LogP contribution in [0.3, 0.4) is 0 Å². The first-order valence-corrected chi connectivity index (χ1v) is 6.01. The van der Waals surface area contributed by atoms with Crippen molar-refractivity contribution in [3.05, 3.63) is 18.0 Å². The van der Waals surface area contributed by atoms with Gasteiger partial charge in [-0.15, -0.1) is 0 Å². The van der Waals surface area contributed by atoms with Gasteiger partial charge < -0.3 is 10.5 Å². The summed E-state index contributed by atoms with van der Waals surface area (Å²) in [6.07, 6.45) is 7.31. The number of aryl methyl sites for hydroxylation is 2. The summed E-state index contributed by atoms with van der Waals surface area (Å²) >= 11 is 0. The molecule has 0 aliphatic carbocycles. The van der Waals surface area contributed by atoms with Crippen molar-refractivity contribution in [1.29, 1.82) is 0 Å². The first-order chi connectivity index (χ1) is 7.66. The van der Waals surface area contributed by atoms with Gasteiger partial charge in [0.25, 0.3) is 0 Å². The fraction of sp³-hybridized carbons (Fsp3) is 0.750. The van der Waals surface area contributed by atoms with Crippen LogP contribution in [0.4, 0.5) is 0 Å². The highest BCUT2D eigenvalue weighted by Gasteiger charge is 2.29. The minimum atomic E-state index is 0.151. The summed E-state index contributed by atoms with van der Waals surface area (Å²) in [4.78, 5) is 0. The Morgan fingerprint density at radius 1 is 1.69 bits per heavy atom. The molecule has 0 amide bonds. The van der Waals surface area contributed by atoms with E-state index in [1.165, 1.54) is 5.56 Å². The number of hydrogen-bond donors (Lipinski definition) is 1. The van der Waals surface area contributed by atoms with Crippen LogP contribution in [0.2, 0.25) is 0 Å². The topological polar surface area (TPSA) is 53.1 Å². The van der Waals surface area contributed by atoms with Gasteiger partial charge in [-0.05, 0) is 30.7 Å². The Hall–Kier alpha value is -0.870. The molecule has 2 rings (SSSR count). The zero-order valence-electron chi connectivity index (χ0n) is 10.1. The second-order valence-electron chi connectivity index (χ2n) is 4.83. The van der Waals surface area contributed by atoms with Gasteiger partial charge in [0.2, 0.25) is 0 Å². The third-order valence-corrected chi connectivity index (χ3v) is 3.39. The molecule has 90 valence electrons. The Balaban J connectivity index is 1.81. The molecule has 16 heavy (non-hydrogen) atoms. The summed E-state index contributed by atoms with van der Waals surface area (Å²) in [5.41, 5.74) is 7.43. The smallest absolute Gasteiger partial charge is 0.0752 e. The van der Waals surface area contributed by atoms with Crippen LogP contribution < -0.4 is 5.73 Å². The average Bonchev–Trinajstić information content (AvgIpc) is 2.84. The number of aromatic nitrogens is 2. The van der Waals surface area contributed by atoms with Gasteiger partial charge in [-0.25, -0.2) is 0 Å². The fourth-order valence-electron chi connectivity index (χ4n) is 2.36. The zero-order valence-corrected chi connectivity index (χ0v) is 10.1. The van der Waals surface area contributed by atoms with E-state index in [0.29, 0.717) is 5.92 Å². The molecule has 4 heteroatoms. The molecule has 0 aromatic carbocycles. The van der Waals surface area contributed by atoms with E-state index in [-0.39, 0.29) is 12.1 Å². The monoisotopic (exact) mass is 223 g/mol. The minimum Gasteiger partial charge on any atom is -0.376 e. The molecule has 0 saturated carbocycles. The SMILES string of the molecule is CC1CCOC1C(N)CCc1cnn(C)c1. The van der Waals surface area contributed by atoms with Crippen LogP contribution in [-0.4, -0.2) is 28.5 Å². The summed E-state index contributed by atoms with van der Waals surface area (Å²) in [6.45, 7) is 3.09. The molecule has 3 atom stereocenters. The van der Waals surface area contributed by atoms with Gasteiger partial charge in [-0.1, -0.05) is 6.92 Å². The predicted molar refractivity (Wildman–Crippen MR) is 63.0 cm³/mol. The van der Waals surface area contributed by atoms with Crippen LogP contribution in [0.1, 0.15) is 25.3 Å². The van der Waals surface area contributed by atoms with Crippen molar-refractivity contribution in [3.63, 3.8) is 0 Å². The quantitative estimate of drug-likeness (QED) is 0.831. The van der Waals surface area contributed by atoms with Crippen molar-refractivity contribution >= 4 is 0 Å². The van der Waals surface area contributed by atoms with Gasteiger partial charge in [0.1, 0.15) is 0 Å². The van der Waals surface area contributed by atoms with Crippen molar-refractivity contribution < 1.29 is 4.74 Å². The van der Waals surface area contributed by atoms with E-state index in [2.05, 4.69) is 12.0 Å². The Bertz CT molecular complexity index is 337. The van der Waals surface area contributed by atoms with Crippen LogP contribution in [0.15, 0.2) is 12.4 Å². The molecule has 1 aromatic heterocycles. The minimum absolute atomic E-state index is 0.151. The summed E-state index contributed by atoms with van der Waals surface area (Å²) in [6, 6.07) is 0.151. The van der Waals surface area contributed by atoms with Crippen molar-refractivity contribution in [2.45, 2.75) is 38.3 Å². The van der Waals surface area contributed by atoms with Gasteiger partial charge in [0, 0.05) is 25.9 Å². The maximum Gasteiger partial charge on any atom is 0.0752 e. The van der Waals surface area contributed by atoms with E-state index in [9.17, 15) is 0 Å². The van der Waals surface area contributed by atoms with Gasteiger partial charge in [0.15, 0.2) is 0 Å². The lowest BCUT2D eigenvalue weighted by atomic mass is 9.94. The summed E-state index contributed by atoms with van der Waals surface area (Å²) in [7, 11) is 1.94. The predicted octanol–water partition coefficient (Wildman–Crippen LogP) is 1.10. The van der Waals surface area contributed by atoms with Crippen molar-refractivity contribution in [3.8, 4) is 0 Å². The molecule has 0 bridgehead atoms. The van der Waals surface area contributed by atoms with Crippen LogP contribution in [-0.2, 0) is 18.2 Å². The molecular weight excluding hydrogens is 202 g/mol. The van der Waals surface area contributed by atoms with E-state index in [1.54, 1.807) is 0 Å². The fourth-order valence-corrected chi connectivity index (χ4v) is 2.36. The van der Waals surface area contributed by atoms with E-state index in [4.69, 9.17) is 10.5 Å². The lowest BCUT2D eigenvalue weighted by molar-refractivity contribution is 0.0703. The number of nitrogens with two attached hydrogens (primary N) is 1. The molecule has 0 spiro atoms. The Morgan fingerprint density at radius 3 is 3.06 bits per heavy atom. The molecule has 3 unspecified atom stereocenters. The van der Waals surface area contributed by atoms with Crippen molar-refractivity contribution in [1.82, 2.24) is 9.78 Å². The van der Waals surface area contributed by atoms with Gasteiger partial charge in [-0.2, -0.15) is 5.10 Å². The molecule has 1 aliphatic rings. The van der Waals surface area contributed by atoms with Crippen LogP contribution >= 0.6 is 0 Å². The first kappa shape index (κ1) is 11.6. The second-order valence-corrected chi connectivity index (χ2v) is 4.83. The molecular formula is C12H21N3O. The average molecular weight is 223 g/mol. The highest BCUT2D eigenvalue weighted by molar-refractivity contribution is 5.04. The Kier molecular flexibility index (Phi) is 3.61. The Morgan fingerprint density at radius 2 is 2.50 bits per heavy atom. The highest BCUT2D eigenvalue weighted by atomic mass is 16.5. The zero-order chi connectivity index (χ0) is 11.5.